The molecule has 3 aromatic rings. The Balaban J connectivity index is 1.84. The Kier molecular flexibility index (Phi) is 3.54. The molecule has 5 nitrogen and oxygen atoms in total. The molecule has 0 N–H and O–H groups in total. The molecular weight excluding hydrogens is 304 g/mol. The van der Waals surface area contributed by atoms with Crippen LogP contribution in [0.1, 0.15) is 16.1 Å². The van der Waals surface area contributed by atoms with Gasteiger partial charge in [0.05, 0.1) is 5.69 Å². The standard InChI is InChI=1S/C19H16N2O3/c1-13-2-4-14(5-3-13)19-20-15(12-22)11-21(19)16-6-7-17-18(10-16)24-9-8-23-17/h2-7,10-12H,8-9H2,1H3. The summed E-state index contributed by atoms with van der Waals surface area (Å²) < 4.78 is 13.1. The number of fused-ring (bicyclic) bond motifs is 1. The van der Waals surface area contributed by atoms with Gasteiger partial charge in [-0.15, -0.1) is 0 Å². The topological polar surface area (TPSA) is 53.4 Å². The number of hydrogen-bond acceptors (Lipinski definition) is 4. The van der Waals surface area contributed by atoms with Crippen LogP contribution in [0.5, 0.6) is 11.5 Å². The molecule has 5 heteroatoms. The second-order valence-corrected chi connectivity index (χ2v) is 5.67. The summed E-state index contributed by atoms with van der Waals surface area (Å²) in [6.45, 7) is 3.13. The lowest BCUT2D eigenvalue weighted by Crippen LogP contribution is -2.15. The summed E-state index contributed by atoms with van der Waals surface area (Å²) in [6.07, 6.45) is 2.49. The summed E-state index contributed by atoms with van der Waals surface area (Å²) in [6, 6.07) is 13.8. The molecule has 1 aliphatic rings. The van der Waals surface area contributed by atoms with Gasteiger partial charge in [0, 0.05) is 17.8 Å². The van der Waals surface area contributed by atoms with Gasteiger partial charge < -0.3 is 9.47 Å². The molecule has 0 spiro atoms. The number of rotatable bonds is 3. The van der Waals surface area contributed by atoms with E-state index in [0.717, 1.165) is 23.3 Å². The molecule has 0 aliphatic carbocycles. The molecule has 0 unspecified atom stereocenters. The van der Waals surface area contributed by atoms with Crippen molar-refractivity contribution >= 4 is 6.29 Å². The predicted octanol–water partition coefficient (Wildman–Crippen LogP) is 3.43. The van der Waals surface area contributed by atoms with Crippen LogP contribution in [0.4, 0.5) is 0 Å². The second kappa shape index (κ2) is 5.85. The van der Waals surface area contributed by atoms with E-state index >= 15 is 0 Å². The van der Waals surface area contributed by atoms with Crippen LogP contribution in [0.2, 0.25) is 0 Å². The largest absolute Gasteiger partial charge is 0.486 e. The van der Waals surface area contributed by atoms with E-state index in [1.807, 2.05) is 54.0 Å². The maximum atomic E-state index is 11.2. The second-order valence-electron chi connectivity index (χ2n) is 5.67. The maximum Gasteiger partial charge on any atom is 0.170 e. The third kappa shape index (κ3) is 2.54. The van der Waals surface area contributed by atoms with E-state index in [1.165, 1.54) is 5.56 Å². The Morgan fingerprint density at radius 1 is 1.04 bits per heavy atom. The number of ether oxygens (including phenoxy) is 2. The summed E-state index contributed by atoms with van der Waals surface area (Å²) in [4.78, 5) is 15.6. The summed E-state index contributed by atoms with van der Waals surface area (Å²) in [7, 11) is 0. The highest BCUT2D eigenvalue weighted by molar-refractivity contribution is 5.74. The third-order valence-corrected chi connectivity index (χ3v) is 3.96. The molecule has 1 aromatic heterocycles. The predicted molar refractivity (Wildman–Crippen MR) is 90.1 cm³/mol. The van der Waals surface area contributed by atoms with Crippen LogP contribution in [0.25, 0.3) is 17.1 Å². The minimum Gasteiger partial charge on any atom is -0.486 e. The fraction of sp³-hybridized carbons (Fsp3) is 0.158. The van der Waals surface area contributed by atoms with Crippen molar-refractivity contribution in [2.24, 2.45) is 0 Å². The van der Waals surface area contributed by atoms with Crippen LogP contribution in [-0.2, 0) is 0 Å². The summed E-state index contributed by atoms with van der Waals surface area (Å²) >= 11 is 0. The normalized spacial score (nSPS) is 12.9. The molecule has 4 rings (SSSR count). The molecular formula is C19H16N2O3. The first-order valence-corrected chi connectivity index (χ1v) is 7.76. The van der Waals surface area contributed by atoms with E-state index in [2.05, 4.69) is 4.98 Å². The summed E-state index contributed by atoms with van der Waals surface area (Å²) in [5, 5.41) is 0. The first-order chi connectivity index (χ1) is 11.7. The Bertz CT molecular complexity index is 897. The van der Waals surface area contributed by atoms with Gasteiger partial charge in [0.25, 0.3) is 0 Å². The van der Waals surface area contributed by atoms with Gasteiger partial charge in [-0.25, -0.2) is 4.98 Å². The highest BCUT2D eigenvalue weighted by atomic mass is 16.6. The van der Waals surface area contributed by atoms with Gasteiger partial charge in [-0.05, 0) is 19.1 Å². The van der Waals surface area contributed by atoms with E-state index in [1.54, 1.807) is 6.20 Å². The minimum absolute atomic E-state index is 0.389. The molecule has 0 atom stereocenters. The Labute approximate surface area is 139 Å². The van der Waals surface area contributed by atoms with E-state index in [4.69, 9.17) is 9.47 Å². The average molecular weight is 320 g/mol. The Morgan fingerprint density at radius 3 is 2.54 bits per heavy atom. The number of imidazole rings is 1. The van der Waals surface area contributed by atoms with Crippen molar-refractivity contribution < 1.29 is 14.3 Å². The molecule has 0 bridgehead atoms. The van der Waals surface area contributed by atoms with Crippen LogP contribution < -0.4 is 9.47 Å². The van der Waals surface area contributed by atoms with Gasteiger partial charge in [0.15, 0.2) is 17.8 Å². The smallest absolute Gasteiger partial charge is 0.170 e. The molecule has 2 heterocycles. The molecule has 0 radical (unpaired) electrons. The van der Waals surface area contributed by atoms with Crippen molar-refractivity contribution in [1.82, 2.24) is 9.55 Å². The zero-order chi connectivity index (χ0) is 16.5. The zero-order valence-corrected chi connectivity index (χ0v) is 13.2. The van der Waals surface area contributed by atoms with E-state index in [-0.39, 0.29) is 0 Å². The van der Waals surface area contributed by atoms with Gasteiger partial charge in [0.2, 0.25) is 0 Å². The highest BCUT2D eigenvalue weighted by Crippen LogP contribution is 2.33. The van der Waals surface area contributed by atoms with Gasteiger partial charge >= 0.3 is 0 Å². The molecule has 24 heavy (non-hydrogen) atoms. The molecule has 0 saturated carbocycles. The first-order valence-electron chi connectivity index (χ1n) is 7.76. The summed E-state index contributed by atoms with van der Waals surface area (Å²) in [5.74, 6) is 2.15. The van der Waals surface area contributed by atoms with E-state index in [9.17, 15) is 4.79 Å². The number of carbonyl (C=O) groups excluding carboxylic acids is 1. The van der Waals surface area contributed by atoms with Crippen molar-refractivity contribution in [1.29, 1.82) is 0 Å². The highest BCUT2D eigenvalue weighted by Gasteiger charge is 2.16. The molecule has 0 fully saturated rings. The van der Waals surface area contributed by atoms with Crippen LogP contribution in [0, 0.1) is 6.92 Å². The average Bonchev–Trinajstić information content (AvgIpc) is 3.06. The third-order valence-electron chi connectivity index (χ3n) is 3.96. The Hall–Kier alpha value is -3.08. The van der Waals surface area contributed by atoms with Gasteiger partial charge in [0.1, 0.15) is 24.7 Å². The first kappa shape index (κ1) is 14.5. The molecule has 0 saturated heterocycles. The number of aryl methyl sites for hydroxylation is 1. The minimum atomic E-state index is 0.389. The lowest BCUT2D eigenvalue weighted by atomic mass is 10.1. The fourth-order valence-electron chi connectivity index (χ4n) is 2.74. The number of hydrogen-bond donors (Lipinski definition) is 0. The van der Waals surface area contributed by atoms with Gasteiger partial charge in [-0.2, -0.15) is 0 Å². The summed E-state index contributed by atoms with van der Waals surface area (Å²) in [5.41, 5.74) is 3.38. The van der Waals surface area contributed by atoms with Crippen LogP contribution in [-0.4, -0.2) is 29.1 Å². The monoisotopic (exact) mass is 320 g/mol. The quantitative estimate of drug-likeness (QED) is 0.694. The van der Waals surface area contributed by atoms with Gasteiger partial charge in [-0.3, -0.25) is 9.36 Å². The number of aromatic nitrogens is 2. The van der Waals surface area contributed by atoms with Crippen molar-refractivity contribution in [2.45, 2.75) is 6.92 Å². The van der Waals surface area contributed by atoms with Crippen LogP contribution in [0.15, 0.2) is 48.7 Å². The van der Waals surface area contributed by atoms with Crippen LogP contribution in [0.3, 0.4) is 0 Å². The van der Waals surface area contributed by atoms with Crippen molar-refractivity contribution in [3.8, 4) is 28.6 Å². The molecule has 0 amide bonds. The van der Waals surface area contributed by atoms with Crippen LogP contribution >= 0.6 is 0 Å². The van der Waals surface area contributed by atoms with Crippen molar-refractivity contribution in [3.05, 3.63) is 59.9 Å². The number of benzene rings is 2. The SMILES string of the molecule is Cc1ccc(-c2nc(C=O)cn2-c2ccc3c(c2)OCCO3)cc1. The lowest BCUT2D eigenvalue weighted by molar-refractivity contribution is 0.111. The van der Waals surface area contributed by atoms with Gasteiger partial charge in [-0.1, -0.05) is 29.8 Å². The lowest BCUT2D eigenvalue weighted by Gasteiger charge is -2.19. The van der Waals surface area contributed by atoms with E-state index in [0.29, 0.717) is 30.5 Å². The Morgan fingerprint density at radius 2 is 1.79 bits per heavy atom. The molecule has 2 aromatic carbocycles. The molecule has 120 valence electrons. The fourth-order valence-corrected chi connectivity index (χ4v) is 2.74. The van der Waals surface area contributed by atoms with Crippen molar-refractivity contribution in [3.63, 3.8) is 0 Å². The maximum absolute atomic E-state index is 11.2. The van der Waals surface area contributed by atoms with Crippen molar-refractivity contribution in [2.75, 3.05) is 13.2 Å². The molecule has 1 aliphatic heterocycles. The number of aldehydes is 1. The number of nitrogens with zero attached hydrogens (tertiary/aromatic N) is 2. The van der Waals surface area contributed by atoms with E-state index < -0.39 is 0 Å². The number of carbonyl (C=O) groups is 1. The zero-order valence-electron chi connectivity index (χ0n) is 13.2.